The number of nitrogens with one attached hydrogen (secondary N) is 1. The second-order valence-corrected chi connectivity index (χ2v) is 5.51. The van der Waals surface area contributed by atoms with Crippen molar-refractivity contribution in [3.63, 3.8) is 0 Å². The first-order chi connectivity index (χ1) is 8.90. The van der Waals surface area contributed by atoms with Gasteiger partial charge in [0, 0.05) is 19.0 Å². The van der Waals surface area contributed by atoms with Crippen LogP contribution >= 0.6 is 0 Å². The Balaban J connectivity index is 2.19. The molecule has 0 fully saturated rings. The third-order valence-electron chi connectivity index (χ3n) is 3.37. The molecule has 2 rings (SSSR count). The fraction of sp³-hybridized carbons (Fsp3) is 0.429. The maximum absolute atomic E-state index is 10.7. The smallest absolute Gasteiger partial charge is 0.231 e. The molecule has 0 aliphatic rings. The van der Waals surface area contributed by atoms with E-state index in [9.17, 15) is 4.79 Å². The number of aromatic nitrogens is 2. The predicted octanol–water partition coefficient (Wildman–Crippen LogP) is 0.926. The molecule has 1 heterocycles. The summed E-state index contributed by atoms with van der Waals surface area (Å²) in [5.41, 5.74) is 8.34. The van der Waals surface area contributed by atoms with Crippen molar-refractivity contribution in [3.05, 3.63) is 30.1 Å². The largest absolute Gasteiger partial charge is 0.369 e. The summed E-state index contributed by atoms with van der Waals surface area (Å²) in [6.07, 6.45) is 1.81. The Morgan fingerprint density at radius 2 is 2.21 bits per heavy atom. The van der Waals surface area contributed by atoms with Crippen LogP contribution in [0.1, 0.15) is 19.4 Å². The van der Waals surface area contributed by atoms with Gasteiger partial charge in [0.25, 0.3) is 0 Å². The Hall–Kier alpha value is -1.88. The van der Waals surface area contributed by atoms with Gasteiger partial charge < -0.3 is 15.6 Å². The molecule has 2 aromatic rings. The number of amides is 1. The zero-order valence-electron chi connectivity index (χ0n) is 11.6. The molecule has 19 heavy (non-hydrogen) atoms. The minimum absolute atomic E-state index is 0.0822. The maximum atomic E-state index is 10.7. The standard InChI is InChI=1S/C14H20N4O/c1-14(2,8-16-7-13(15)19)10-4-5-12-11(6-10)17-9-18(12)3/h4-6,9,16H,7-8H2,1-3H3,(H2,15,19). The third-order valence-corrected chi connectivity index (χ3v) is 3.37. The van der Waals surface area contributed by atoms with Gasteiger partial charge in [-0.15, -0.1) is 0 Å². The average Bonchev–Trinajstić information content (AvgIpc) is 2.70. The molecule has 0 saturated heterocycles. The van der Waals surface area contributed by atoms with Crippen molar-refractivity contribution in [2.75, 3.05) is 13.1 Å². The van der Waals surface area contributed by atoms with Crippen molar-refractivity contribution >= 4 is 16.9 Å². The molecule has 0 unspecified atom stereocenters. The van der Waals surface area contributed by atoms with E-state index in [1.807, 2.05) is 17.9 Å². The van der Waals surface area contributed by atoms with Crippen LogP contribution in [-0.4, -0.2) is 28.5 Å². The minimum atomic E-state index is -0.337. The van der Waals surface area contributed by atoms with Gasteiger partial charge in [-0.3, -0.25) is 4.79 Å². The van der Waals surface area contributed by atoms with Gasteiger partial charge in [-0.25, -0.2) is 4.98 Å². The predicted molar refractivity (Wildman–Crippen MR) is 75.8 cm³/mol. The molecular formula is C14H20N4O. The molecule has 5 nitrogen and oxygen atoms in total. The Morgan fingerprint density at radius 1 is 1.47 bits per heavy atom. The van der Waals surface area contributed by atoms with E-state index in [4.69, 9.17) is 5.73 Å². The number of hydrogen-bond acceptors (Lipinski definition) is 3. The summed E-state index contributed by atoms with van der Waals surface area (Å²) >= 11 is 0. The number of imidazole rings is 1. The van der Waals surface area contributed by atoms with E-state index in [0.717, 1.165) is 11.0 Å². The Morgan fingerprint density at radius 3 is 2.89 bits per heavy atom. The number of nitrogens with two attached hydrogens (primary N) is 1. The van der Waals surface area contributed by atoms with Crippen LogP contribution in [0.15, 0.2) is 24.5 Å². The van der Waals surface area contributed by atoms with E-state index in [2.05, 4.69) is 42.3 Å². The molecule has 0 radical (unpaired) electrons. The van der Waals surface area contributed by atoms with Crippen molar-refractivity contribution in [1.82, 2.24) is 14.9 Å². The number of rotatable bonds is 5. The molecule has 102 valence electrons. The Labute approximate surface area is 112 Å². The lowest BCUT2D eigenvalue weighted by atomic mass is 9.84. The minimum Gasteiger partial charge on any atom is -0.369 e. The van der Waals surface area contributed by atoms with Crippen molar-refractivity contribution in [2.24, 2.45) is 12.8 Å². The molecule has 1 aromatic heterocycles. The number of hydrogen-bond donors (Lipinski definition) is 2. The number of benzene rings is 1. The van der Waals surface area contributed by atoms with Crippen LogP contribution in [0.3, 0.4) is 0 Å². The van der Waals surface area contributed by atoms with Gasteiger partial charge in [-0.1, -0.05) is 19.9 Å². The van der Waals surface area contributed by atoms with Gasteiger partial charge in [0.2, 0.25) is 5.91 Å². The highest BCUT2D eigenvalue weighted by molar-refractivity contribution is 5.76. The fourth-order valence-corrected chi connectivity index (χ4v) is 2.16. The van der Waals surface area contributed by atoms with Gasteiger partial charge in [0.05, 0.1) is 23.9 Å². The Bertz CT molecular complexity index is 601. The number of carbonyl (C=O) groups excluding carboxylic acids is 1. The number of aryl methyl sites for hydroxylation is 1. The summed E-state index contributed by atoms with van der Waals surface area (Å²) in [4.78, 5) is 15.1. The highest BCUT2D eigenvalue weighted by Crippen LogP contribution is 2.25. The van der Waals surface area contributed by atoms with E-state index in [0.29, 0.717) is 6.54 Å². The lowest BCUT2D eigenvalue weighted by molar-refractivity contribution is -0.117. The van der Waals surface area contributed by atoms with Crippen molar-refractivity contribution in [3.8, 4) is 0 Å². The molecule has 0 aliphatic heterocycles. The lowest BCUT2D eigenvalue weighted by Gasteiger charge is -2.25. The first kappa shape index (κ1) is 13.5. The van der Waals surface area contributed by atoms with Crippen molar-refractivity contribution in [1.29, 1.82) is 0 Å². The highest BCUT2D eigenvalue weighted by Gasteiger charge is 2.21. The lowest BCUT2D eigenvalue weighted by Crippen LogP contribution is -2.37. The van der Waals surface area contributed by atoms with Crippen LogP contribution in [0.4, 0.5) is 0 Å². The first-order valence-electron chi connectivity index (χ1n) is 6.31. The number of primary amides is 1. The summed E-state index contributed by atoms with van der Waals surface area (Å²) in [6.45, 7) is 5.15. The summed E-state index contributed by atoms with van der Waals surface area (Å²) in [5, 5.41) is 3.08. The topological polar surface area (TPSA) is 72.9 Å². The normalized spacial score (nSPS) is 11.9. The van der Waals surface area contributed by atoms with Crippen LogP contribution in [0, 0.1) is 0 Å². The SMILES string of the molecule is Cn1cnc2cc(C(C)(C)CNCC(N)=O)ccc21. The van der Waals surface area contributed by atoms with Gasteiger partial charge in [0.15, 0.2) is 0 Å². The zero-order chi connectivity index (χ0) is 14.0. The summed E-state index contributed by atoms with van der Waals surface area (Å²) in [5.74, 6) is -0.337. The summed E-state index contributed by atoms with van der Waals surface area (Å²) < 4.78 is 2.00. The second kappa shape index (κ2) is 5.01. The van der Waals surface area contributed by atoms with E-state index >= 15 is 0 Å². The van der Waals surface area contributed by atoms with Crippen LogP contribution in [0.5, 0.6) is 0 Å². The highest BCUT2D eigenvalue weighted by atomic mass is 16.1. The van der Waals surface area contributed by atoms with E-state index in [1.54, 1.807) is 0 Å². The van der Waals surface area contributed by atoms with Crippen molar-refractivity contribution in [2.45, 2.75) is 19.3 Å². The fourth-order valence-electron chi connectivity index (χ4n) is 2.16. The van der Waals surface area contributed by atoms with Gasteiger partial charge in [-0.2, -0.15) is 0 Å². The van der Waals surface area contributed by atoms with Gasteiger partial charge in [-0.05, 0) is 17.7 Å². The van der Waals surface area contributed by atoms with Crippen LogP contribution in [0.25, 0.3) is 11.0 Å². The second-order valence-electron chi connectivity index (χ2n) is 5.51. The number of carbonyl (C=O) groups is 1. The van der Waals surface area contributed by atoms with Crippen molar-refractivity contribution < 1.29 is 4.79 Å². The molecule has 0 bridgehead atoms. The van der Waals surface area contributed by atoms with Gasteiger partial charge >= 0.3 is 0 Å². The van der Waals surface area contributed by atoms with Crippen LogP contribution < -0.4 is 11.1 Å². The zero-order valence-corrected chi connectivity index (χ0v) is 11.6. The molecule has 0 spiro atoms. The molecule has 0 aliphatic carbocycles. The van der Waals surface area contributed by atoms with E-state index in [-0.39, 0.29) is 17.9 Å². The number of nitrogens with zero attached hydrogens (tertiary/aromatic N) is 2. The molecule has 3 N–H and O–H groups in total. The number of fused-ring (bicyclic) bond motifs is 1. The van der Waals surface area contributed by atoms with Gasteiger partial charge in [0.1, 0.15) is 0 Å². The maximum Gasteiger partial charge on any atom is 0.231 e. The van der Waals surface area contributed by atoms with E-state index in [1.165, 1.54) is 5.56 Å². The van der Waals surface area contributed by atoms with Crippen LogP contribution in [0.2, 0.25) is 0 Å². The third kappa shape index (κ3) is 2.93. The molecule has 5 heteroatoms. The average molecular weight is 260 g/mol. The summed E-state index contributed by atoms with van der Waals surface area (Å²) in [7, 11) is 1.98. The monoisotopic (exact) mass is 260 g/mol. The Kier molecular flexibility index (Phi) is 3.57. The van der Waals surface area contributed by atoms with E-state index < -0.39 is 0 Å². The van der Waals surface area contributed by atoms with Crippen LogP contribution in [-0.2, 0) is 17.3 Å². The molecule has 0 atom stereocenters. The first-order valence-corrected chi connectivity index (χ1v) is 6.31. The molecule has 1 aromatic carbocycles. The molecule has 1 amide bonds. The molecular weight excluding hydrogens is 240 g/mol. The summed E-state index contributed by atoms with van der Waals surface area (Å²) in [6, 6.07) is 6.28. The quantitative estimate of drug-likeness (QED) is 0.840. The molecule has 0 saturated carbocycles.